The van der Waals surface area contributed by atoms with E-state index in [-0.39, 0.29) is 22.4 Å². The lowest BCUT2D eigenvalue weighted by Gasteiger charge is -2.05. The third kappa shape index (κ3) is 4.10. The van der Waals surface area contributed by atoms with Crippen LogP contribution in [0.3, 0.4) is 0 Å². The zero-order chi connectivity index (χ0) is 18.2. The minimum Gasteiger partial charge on any atom is -0.496 e. The van der Waals surface area contributed by atoms with Crippen LogP contribution in [-0.4, -0.2) is 18.4 Å². The van der Waals surface area contributed by atoms with Gasteiger partial charge in [0.05, 0.1) is 11.6 Å². The molecule has 130 valence electrons. The van der Waals surface area contributed by atoms with Crippen molar-refractivity contribution in [3.63, 3.8) is 0 Å². The summed E-state index contributed by atoms with van der Waals surface area (Å²) in [5.41, 5.74) is -1.53. The molecule has 0 bridgehead atoms. The van der Waals surface area contributed by atoms with Crippen molar-refractivity contribution < 1.29 is 22.7 Å². The molecule has 0 fully saturated rings. The Hall–Kier alpha value is -1.73. The van der Waals surface area contributed by atoms with Crippen molar-refractivity contribution in [2.24, 2.45) is 0 Å². The molecule has 0 aliphatic heterocycles. The van der Waals surface area contributed by atoms with Crippen molar-refractivity contribution in [2.75, 3.05) is 7.11 Å². The van der Waals surface area contributed by atoms with Crippen LogP contribution in [0.5, 0.6) is 5.75 Å². The van der Waals surface area contributed by atoms with Gasteiger partial charge in [-0.3, -0.25) is 4.79 Å². The molecular formula is C18H12BrF3O2S. The first-order valence-electron chi connectivity index (χ1n) is 7.24. The molecule has 25 heavy (non-hydrogen) atoms. The Balaban J connectivity index is 1.84. The largest absolute Gasteiger partial charge is 0.496 e. The highest BCUT2D eigenvalue weighted by molar-refractivity contribution is 9.10. The van der Waals surface area contributed by atoms with Gasteiger partial charge in [-0.2, -0.15) is 13.2 Å². The van der Waals surface area contributed by atoms with Gasteiger partial charge in [0.1, 0.15) is 5.75 Å². The Morgan fingerprint density at radius 3 is 2.48 bits per heavy atom. The number of carbonyl (C=O) groups is 1. The van der Waals surface area contributed by atoms with Crippen LogP contribution < -0.4 is 4.74 Å². The summed E-state index contributed by atoms with van der Waals surface area (Å²) in [6.07, 6.45) is 2.20. The number of alkyl halides is 3. The van der Waals surface area contributed by atoms with E-state index in [2.05, 4.69) is 15.9 Å². The summed E-state index contributed by atoms with van der Waals surface area (Å²) in [6, 6.07) is 9.51. The molecule has 0 radical (unpaired) electrons. The second kappa shape index (κ2) is 6.88. The fraction of sp³-hybridized carbons (Fsp3) is 0.167. The van der Waals surface area contributed by atoms with Gasteiger partial charge in [-0.05, 0) is 69.2 Å². The van der Waals surface area contributed by atoms with E-state index in [0.29, 0.717) is 28.9 Å². The smallest absolute Gasteiger partial charge is 0.446 e. The summed E-state index contributed by atoms with van der Waals surface area (Å²) >= 11 is 3.24. The normalized spacial score (nSPS) is 15.6. The summed E-state index contributed by atoms with van der Waals surface area (Å²) in [7, 11) is 1.53. The summed E-state index contributed by atoms with van der Waals surface area (Å²) in [6.45, 7) is 0. The average Bonchev–Trinajstić information content (AvgIpc) is 2.82. The van der Waals surface area contributed by atoms with Crippen LogP contribution in [0.1, 0.15) is 21.5 Å². The molecule has 0 aromatic heterocycles. The summed E-state index contributed by atoms with van der Waals surface area (Å²) < 4.78 is 43.1. The van der Waals surface area contributed by atoms with E-state index in [1.165, 1.54) is 19.2 Å². The number of thioether (sulfide) groups is 1. The highest BCUT2D eigenvalue weighted by Gasteiger charge is 2.29. The first-order valence-corrected chi connectivity index (χ1v) is 8.85. The predicted molar refractivity (Wildman–Crippen MR) is 95.1 cm³/mol. The first kappa shape index (κ1) is 18.1. The van der Waals surface area contributed by atoms with E-state index in [0.717, 1.165) is 10.0 Å². The molecule has 0 heterocycles. The van der Waals surface area contributed by atoms with E-state index in [4.69, 9.17) is 4.74 Å². The van der Waals surface area contributed by atoms with Crippen LogP contribution in [0.4, 0.5) is 13.2 Å². The quantitative estimate of drug-likeness (QED) is 0.450. The number of benzene rings is 2. The Morgan fingerprint density at radius 2 is 1.88 bits per heavy atom. The predicted octanol–water partition coefficient (Wildman–Crippen LogP) is 5.89. The number of ketones is 1. The standard InChI is InChI=1S/C18H12BrF3O2S/c1-24-16-9-14-11(8-15(16)19)7-12(17(14)23)6-10-2-4-13(5-3-10)25-18(20,21)22/h2-6,8-9H,7H2,1H3/b12-6+. The van der Waals surface area contributed by atoms with Crippen LogP contribution in [0.2, 0.25) is 0 Å². The number of fused-ring (bicyclic) bond motifs is 1. The lowest BCUT2D eigenvalue weighted by atomic mass is 10.1. The van der Waals surface area contributed by atoms with Gasteiger partial charge in [-0.1, -0.05) is 12.1 Å². The van der Waals surface area contributed by atoms with Crippen molar-refractivity contribution in [3.05, 3.63) is 63.1 Å². The number of Topliss-reactive ketones (excluding diaryl/α,β-unsaturated/α-hetero) is 1. The first-order chi connectivity index (χ1) is 11.8. The summed E-state index contributed by atoms with van der Waals surface area (Å²) in [5.74, 6) is 0.497. The van der Waals surface area contributed by atoms with E-state index in [1.54, 1.807) is 24.3 Å². The number of rotatable bonds is 3. The van der Waals surface area contributed by atoms with E-state index < -0.39 is 5.51 Å². The van der Waals surface area contributed by atoms with Crippen molar-refractivity contribution in [3.8, 4) is 5.75 Å². The monoisotopic (exact) mass is 428 g/mol. The summed E-state index contributed by atoms with van der Waals surface area (Å²) in [4.78, 5) is 12.7. The molecule has 0 saturated carbocycles. The zero-order valence-electron chi connectivity index (χ0n) is 13.0. The number of hydrogen-bond acceptors (Lipinski definition) is 3. The summed E-state index contributed by atoms with van der Waals surface area (Å²) in [5, 5.41) is 0. The van der Waals surface area contributed by atoms with Gasteiger partial charge in [0.2, 0.25) is 0 Å². The molecule has 7 heteroatoms. The number of halogens is 4. The Morgan fingerprint density at radius 1 is 1.20 bits per heavy atom. The van der Waals surface area contributed by atoms with Crippen LogP contribution in [0, 0.1) is 0 Å². The maximum Gasteiger partial charge on any atom is 0.446 e. The third-order valence-electron chi connectivity index (χ3n) is 3.75. The second-order valence-electron chi connectivity index (χ2n) is 5.44. The van der Waals surface area contributed by atoms with Gasteiger partial charge in [0.15, 0.2) is 5.78 Å². The highest BCUT2D eigenvalue weighted by Crippen LogP contribution is 2.38. The van der Waals surface area contributed by atoms with Crippen molar-refractivity contribution in [1.82, 2.24) is 0 Å². The maximum absolute atomic E-state index is 12.5. The highest BCUT2D eigenvalue weighted by atomic mass is 79.9. The molecular weight excluding hydrogens is 417 g/mol. The minimum absolute atomic E-state index is 0.0884. The Kier molecular flexibility index (Phi) is 4.97. The molecule has 2 aromatic carbocycles. The molecule has 1 aliphatic carbocycles. The SMILES string of the molecule is COc1cc2c(cc1Br)C/C(=C\c1ccc(SC(F)(F)F)cc1)C2=O. The molecule has 3 rings (SSSR count). The van der Waals surface area contributed by atoms with Gasteiger partial charge in [0, 0.05) is 22.5 Å². The molecule has 2 aromatic rings. The van der Waals surface area contributed by atoms with Crippen molar-refractivity contribution in [2.45, 2.75) is 16.8 Å². The molecule has 0 saturated heterocycles. The zero-order valence-corrected chi connectivity index (χ0v) is 15.4. The molecule has 2 nitrogen and oxygen atoms in total. The topological polar surface area (TPSA) is 26.3 Å². The molecule has 1 aliphatic rings. The number of carbonyl (C=O) groups excluding carboxylic acids is 1. The Labute approximate surface area is 155 Å². The molecule has 0 unspecified atom stereocenters. The van der Waals surface area contributed by atoms with Crippen molar-refractivity contribution >= 4 is 39.6 Å². The molecule has 0 spiro atoms. The minimum atomic E-state index is -4.31. The van der Waals surface area contributed by atoms with Gasteiger partial charge in [0.25, 0.3) is 0 Å². The van der Waals surface area contributed by atoms with Crippen LogP contribution in [-0.2, 0) is 6.42 Å². The lowest BCUT2D eigenvalue weighted by Crippen LogP contribution is -1.98. The van der Waals surface area contributed by atoms with E-state index >= 15 is 0 Å². The fourth-order valence-electron chi connectivity index (χ4n) is 2.65. The van der Waals surface area contributed by atoms with Gasteiger partial charge in [-0.15, -0.1) is 0 Å². The molecule has 0 N–H and O–H groups in total. The Bertz CT molecular complexity index is 858. The van der Waals surface area contributed by atoms with Crippen LogP contribution in [0.15, 0.2) is 51.3 Å². The number of ether oxygens (including phenoxy) is 1. The number of allylic oxidation sites excluding steroid dienone is 1. The average molecular weight is 429 g/mol. The number of methoxy groups -OCH3 is 1. The van der Waals surface area contributed by atoms with E-state index in [1.807, 2.05) is 6.07 Å². The van der Waals surface area contributed by atoms with Gasteiger partial charge in [-0.25, -0.2) is 0 Å². The third-order valence-corrected chi connectivity index (χ3v) is 5.11. The van der Waals surface area contributed by atoms with Crippen LogP contribution in [0.25, 0.3) is 6.08 Å². The number of hydrogen-bond donors (Lipinski definition) is 0. The second-order valence-corrected chi connectivity index (χ2v) is 7.43. The van der Waals surface area contributed by atoms with Crippen LogP contribution >= 0.6 is 27.7 Å². The van der Waals surface area contributed by atoms with Crippen molar-refractivity contribution in [1.29, 1.82) is 0 Å². The maximum atomic E-state index is 12.5. The van der Waals surface area contributed by atoms with Gasteiger partial charge >= 0.3 is 5.51 Å². The van der Waals surface area contributed by atoms with Gasteiger partial charge < -0.3 is 4.74 Å². The lowest BCUT2D eigenvalue weighted by molar-refractivity contribution is -0.0328. The molecule has 0 atom stereocenters. The molecule has 0 amide bonds. The fourth-order valence-corrected chi connectivity index (χ4v) is 3.74. The van der Waals surface area contributed by atoms with E-state index in [9.17, 15) is 18.0 Å².